The monoisotopic (exact) mass is 1820 g/mol. The third kappa shape index (κ3) is 12.7. The van der Waals surface area contributed by atoms with Crippen molar-refractivity contribution in [3.63, 3.8) is 0 Å². The predicted molar refractivity (Wildman–Crippen MR) is 549 cm³/mol. The number of halogens is 2. The highest BCUT2D eigenvalue weighted by Crippen LogP contribution is 2.46. The molecule has 18 aromatic rings. The summed E-state index contributed by atoms with van der Waals surface area (Å²) in [4.78, 5) is 4.98. The zero-order chi connectivity index (χ0) is 86.3. The van der Waals surface area contributed by atoms with E-state index in [9.17, 15) is 0 Å². The van der Waals surface area contributed by atoms with E-state index in [1.165, 1.54) is 130 Å². The molecular weight excluding hydrogens is 1740 g/mol. The second-order valence-electron chi connectivity index (χ2n) is 35.1. The summed E-state index contributed by atoms with van der Waals surface area (Å²) in [5.74, 6) is 6.87. The topological polar surface area (TPSA) is 43.4 Å². The average Bonchev–Trinajstić information content (AvgIpc) is 0.697. The van der Waals surface area contributed by atoms with Gasteiger partial charge in [-0.2, -0.15) is 0 Å². The molecule has 13 heteroatoms. The summed E-state index contributed by atoms with van der Waals surface area (Å²) in [6.45, 7) is 13.4. The lowest BCUT2D eigenvalue weighted by molar-refractivity contribution is 0.464. The Kier molecular flexibility index (Phi) is 19.5. The fourth-order valence-corrected chi connectivity index (χ4v) is 38.7. The molecule has 7 aliphatic heterocycles. The van der Waals surface area contributed by atoms with Crippen LogP contribution in [0.25, 0.3) is 0 Å². The third-order valence-electron chi connectivity index (χ3n) is 27.4. The summed E-state index contributed by atoms with van der Waals surface area (Å²) in [6.07, 6.45) is 1.03. The maximum Gasteiger partial charge on any atom is 0.260 e. The van der Waals surface area contributed by atoms with Crippen molar-refractivity contribution in [3.8, 4) is 46.0 Å². The van der Waals surface area contributed by atoms with Crippen molar-refractivity contribution in [1.82, 2.24) is 0 Å². The number of nitrogens with zero attached hydrogens (tertiary/aromatic N) is 2. The van der Waals surface area contributed by atoms with Gasteiger partial charge in [0, 0.05) is 66.1 Å². The standard InChI is InChI=1S/C70H53BN2O2Si2.C27H24Si.C18H9BBr2O2/c1-46-28-36-58-66(40-46)76(52-18-9-5-10-19-52,53-20-11-6-12-21-53)67-41-47(2)29-37-59(67)72(58)50-32-34-56-64(44-50)74-62-26-17-27-63-70(62)71(56)57-35-33-51(45-65(57)75-63)73-60-38-30-48(3)42-68(60)77(54-22-13-7-14-23-54,55-24-15-8-16-25-55)69-43-49(4)31-39-61(69)73;1-20-13-15-22-19-23-16-14-21(2)18-27(23)28(26(22)17-20,24-9-5-3-6-10-24)25-11-7-4-8-12-25;20-10-4-6-12-16(8-10)22-14-2-1-3-15-18(14)19(12)13-7-5-11(21)9-17(13)23-15/h5-45H,1-4H3;3-18H,19H2,1-2H3;1-9H. The quantitative estimate of drug-likeness (QED) is 0.141. The molecule has 0 bridgehead atoms. The molecule has 0 spiro atoms. The van der Waals surface area contributed by atoms with Gasteiger partial charge in [-0.1, -0.05) is 369 Å². The minimum atomic E-state index is -2.83. The molecule has 0 amide bonds. The van der Waals surface area contributed by atoms with Gasteiger partial charge >= 0.3 is 0 Å². The first-order valence-electron chi connectivity index (χ1n) is 44.1. The van der Waals surface area contributed by atoms with Crippen LogP contribution >= 0.6 is 31.9 Å². The first kappa shape index (κ1) is 79.2. The van der Waals surface area contributed by atoms with Crippen LogP contribution in [0.1, 0.15) is 44.5 Å². The lowest BCUT2D eigenvalue weighted by Crippen LogP contribution is -2.77. The average molecular weight is 1830 g/mol. The van der Waals surface area contributed by atoms with Crippen molar-refractivity contribution in [2.24, 2.45) is 0 Å². The minimum Gasteiger partial charge on any atom is -0.458 e. The van der Waals surface area contributed by atoms with E-state index in [2.05, 4.69) is 453 Å². The molecule has 0 fully saturated rings. The number of fused-ring (bicyclic) bond motifs is 14. The van der Waals surface area contributed by atoms with Crippen LogP contribution in [0, 0.1) is 41.5 Å². The first-order chi connectivity index (χ1) is 62.7. The summed E-state index contributed by atoms with van der Waals surface area (Å²) >= 11 is 7.06. The Morgan fingerprint density at radius 1 is 0.227 bits per heavy atom. The molecule has 0 radical (unpaired) electrons. The van der Waals surface area contributed by atoms with E-state index in [-0.39, 0.29) is 13.4 Å². The van der Waals surface area contributed by atoms with E-state index in [1.807, 2.05) is 30.3 Å². The molecule has 612 valence electrons. The number of hydrogen-bond donors (Lipinski definition) is 0. The lowest BCUT2D eigenvalue weighted by Gasteiger charge is -2.45. The van der Waals surface area contributed by atoms with Crippen LogP contribution in [-0.2, 0) is 6.42 Å². The largest absolute Gasteiger partial charge is 0.458 e. The highest BCUT2D eigenvalue weighted by molar-refractivity contribution is 9.10. The molecule has 25 rings (SSSR count). The van der Waals surface area contributed by atoms with Crippen LogP contribution in [-0.4, -0.2) is 37.6 Å². The number of rotatable bonds is 8. The number of anilines is 6. The summed E-state index contributed by atoms with van der Waals surface area (Å²) in [6, 6.07) is 149. The van der Waals surface area contributed by atoms with Gasteiger partial charge in [0.1, 0.15) is 46.0 Å². The fourth-order valence-electron chi connectivity index (χ4n) is 22.0. The number of hydrogen-bond acceptors (Lipinski definition) is 6. The molecule has 0 aromatic heterocycles. The second-order valence-corrected chi connectivity index (χ2v) is 48.1. The zero-order valence-electron chi connectivity index (χ0n) is 71.8. The molecule has 7 aliphatic rings. The van der Waals surface area contributed by atoms with E-state index in [0.717, 1.165) is 94.6 Å². The van der Waals surface area contributed by atoms with E-state index in [0.29, 0.717) is 0 Å². The van der Waals surface area contributed by atoms with Crippen LogP contribution in [0.2, 0.25) is 0 Å². The van der Waals surface area contributed by atoms with Crippen LogP contribution in [0.15, 0.2) is 409 Å². The van der Waals surface area contributed by atoms with Gasteiger partial charge in [0.25, 0.3) is 13.4 Å². The van der Waals surface area contributed by atoms with Crippen molar-refractivity contribution in [2.75, 3.05) is 9.80 Å². The first-order valence-corrected chi connectivity index (χ1v) is 51.7. The molecule has 0 saturated carbocycles. The van der Waals surface area contributed by atoms with Crippen LogP contribution in [0.3, 0.4) is 0 Å². The highest BCUT2D eigenvalue weighted by atomic mass is 79.9. The summed E-state index contributed by atoms with van der Waals surface area (Å²) in [5, 5.41) is 17.1. The van der Waals surface area contributed by atoms with Crippen molar-refractivity contribution in [1.29, 1.82) is 0 Å². The molecule has 0 saturated heterocycles. The van der Waals surface area contributed by atoms with E-state index in [4.69, 9.17) is 18.9 Å². The van der Waals surface area contributed by atoms with Crippen molar-refractivity contribution in [2.45, 2.75) is 48.0 Å². The Morgan fingerprint density at radius 2 is 0.469 bits per heavy atom. The molecule has 128 heavy (non-hydrogen) atoms. The summed E-state index contributed by atoms with van der Waals surface area (Å²) in [7, 11) is -8.01. The van der Waals surface area contributed by atoms with Gasteiger partial charge in [-0.15, -0.1) is 0 Å². The van der Waals surface area contributed by atoms with Gasteiger partial charge < -0.3 is 28.7 Å². The van der Waals surface area contributed by atoms with E-state index < -0.39 is 24.2 Å². The number of benzene rings is 18. The Labute approximate surface area is 768 Å². The smallest absolute Gasteiger partial charge is 0.260 e. The minimum absolute atomic E-state index is 0.110. The van der Waals surface area contributed by atoms with Gasteiger partial charge in [0.2, 0.25) is 0 Å². The zero-order valence-corrected chi connectivity index (χ0v) is 77.9. The summed E-state index contributed by atoms with van der Waals surface area (Å²) in [5.41, 5.74) is 24.3. The Hall–Kier alpha value is -13.5. The molecule has 0 N–H and O–H groups in total. The Bertz CT molecular complexity index is 6900. The van der Waals surface area contributed by atoms with Crippen molar-refractivity contribution in [3.05, 3.63) is 454 Å². The normalized spacial score (nSPS) is 14.3. The molecule has 0 atom stereocenters. The van der Waals surface area contributed by atoms with Gasteiger partial charge in [-0.3, -0.25) is 0 Å². The maximum absolute atomic E-state index is 7.07. The van der Waals surface area contributed by atoms with Gasteiger partial charge in [0.05, 0.1) is 0 Å². The predicted octanol–water partition coefficient (Wildman–Crippen LogP) is 17.5. The third-order valence-corrected chi connectivity index (χ3v) is 42.9. The van der Waals surface area contributed by atoms with Gasteiger partial charge in [0.15, 0.2) is 24.2 Å². The molecule has 6 nitrogen and oxygen atoms in total. The van der Waals surface area contributed by atoms with Crippen molar-refractivity contribution < 1.29 is 18.9 Å². The molecule has 0 unspecified atom stereocenters. The fraction of sp³-hybridized carbons (Fsp3) is 0.0609. The maximum atomic E-state index is 7.07. The van der Waals surface area contributed by atoms with Crippen LogP contribution in [0.5, 0.6) is 46.0 Å². The second kappa shape index (κ2) is 31.5. The number of aryl methyl sites for hydroxylation is 6. The van der Waals surface area contributed by atoms with Crippen LogP contribution < -0.4 is 124 Å². The van der Waals surface area contributed by atoms with E-state index >= 15 is 0 Å². The molecule has 18 aromatic carbocycles. The lowest BCUT2D eigenvalue weighted by atomic mass is 9.35. The van der Waals surface area contributed by atoms with Gasteiger partial charge in [-0.25, -0.2) is 0 Å². The van der Waals surface area contributed by atoms with E-state index in [1.54, 1.807) is 10.4 Å². The van der Waals surface area contributed by atoms with Crippen molar-refractivity contribution >= 4 is 199 Å². The molecular formula is C115H86B2Br2N2O4Si3. The molecule has 7 heterocycles. The Morgan fingerprint density at radius 3 is 0.750 bits per heavy atom. The SMILES string of the molecule is Brc1ccc2c(c1)Oc1cccc3c1B2c1ccc(Br)cc1O3.Cc1ccc2c(c1)[Si](c1ccccc1)(c1ccccc1)c1cc(C)ccc1C2.Cc1ccc2c(c1)[Si](c1ccccc1)(c1ccccc1)c1cc(C)ccc1N2c1ccc2c(c1)Oc1cccc3c1B2c1ccc(N2c4ccc(C)cc4[Si](c4ccccc4)(c4ccccc4)c4cc(C)ccc42)cc1O3. The molecule has 0 aliphatic carbocycles. The van der Waals surface area contributed by atoms with Crippen LogP contribution in [0.4, 0.5) is 34.1 Å². The highest BCUT2D eigenvalue weighted by Gasteiger charge is 2.53. The Balaban J connectivity index is 0.000000148. The number of ether oxygens (including phenoxy) is 4. The summed E-state index contributed by atoms with van der Waals surface area (Å²) < 4.78 is 28.4. The van der Waals surface area contributed by atoms with Gasteiger partial charge in [-0.05, 0) is 228 Å².